The highest BCUT2D eigenvalue weighted by Gasteiger charge is 2.46. The molecule has 1 unspecified atom stereocenters. The van der Waals surface area contributed by atoms with Crippen LogP contribution in [0.2, 0.25) is 0 Å². The van der Waals surface area contributed by atoms with Crippen molar-refractivity contribution in [2.24, 2.45) is 0 Å². The molecular formula is C24H27NO7. The largest absolute Gasteiger partial charge is 0.507 e. The van der Waals surface area contributed by atoms with Crippen molar-refractivity contribution < 1.29 is 33.6 Å². The second kappa shape index (κ2) is 10.2. The van der Waals surface area contributed by atoms with Crippen LogP contribution in [0.5, 0.6) is 17.2 Å². The summed E-state index contributed by atoms with van der Waals surface area (Å²) in [6.07, 6.45) is 0. The van der Waals surface area contributed by atoms with Crippen molar-refractivity contribution >= 4 is 17.4 Å². The molecule has 8 nitrogen and oxygen atoms in total. The maximum absolute atomic E-state index is 13.0. The molecule has 0 aliphatic carbocycles. The molecule has 2 aromatic carbocycles. The summed E-state index contributed by atoms with van der Waals surface area (Å²) in [5, 5.41) is 11.1. The van der Waals surface area contributed by atoms with Crippen LogP contribution in [-0.2, 0) is 14.3 Å². The first-order chi connectivity index (χ1) is 15.5. The van der Waals surface area contributed by atoms with Crippen LogP contribution in [0, 0.1) is 0 Å². The molecule has 0 aromatic heterocycles. The van der Waals surface area contributed by atoms with Crippen molar-refractivity contribution in [3.8, 4) is 17.2 Å². The second-order valence-electron chi connectivity index (χ2n) is 7.06. The zero-order valence-corrected chi connectivity index (χ0v) is 18.6. The lowest BCUT2D eigenvalue weighted by atomic mass is 9.95. The molecule has 3 rings (SSSR count). The van der Waals surface area contributed by atoms with Gasteiger partial charge in [0.25, 0.3) is 11.7 Å². The lowest BCUT2D eigenvalue weighted by Crippen LogP contribution is -2.32. The van der Waals surface area contributed by atoms with E-state index in [1.807, 2.05) is 6.92 Å². The molecule has 1 heterocycles. The minimum absolute atomic E-state index is 0.00873. The quantitative estimate of drug-likeness (QED) is 0.363. The number of hydrogen-bond acceptors (Lipinski definition) is 7. The van der Waals surface area contributed by atoms with E-state index >= 15 is 0 Å². The number of Topliss-reactive ketones (excluding diaryl/α,β-unsaturated/α-hetero) is 1. The van der Waals surface area contributed by atoms with Gasteiger partial charge in [-0.1, -0.05) is 18.2 Å². The van der Waals surface area contributed by atoms with Crippen LogP contribution >= 0.6 is 0 Å². The molecule has 0 saturated carbocycles. The van der Waals surface area contributed by atoms with E-state index < -0.39 is 17.7 Å². The highest BCUT2D eigenvalue weighted by Crippen LogP contribution is 2.42. The molecule has 1 fully saturated rings. The Balaban J connectivity index is 2.18. The van der Waals surface area contributed by atoms with Gasteiger partial charge in [0.2, 0.25) is 0 Å². The van der Waals surface area contributed by atoms with Gasteiger partial charge in [-0.25, -0.2) is 0 Å². The minimum atomic E-state index is -0.819. The fourth-order valence-electron chi connectivity index (χ4n) is 3.70. The number of amides is 1. The molecule has 32 heavy (non-hydrogen) atoms. The Morgan fingerprint density at radius 2 is 1.81 bits per heavy atom. The van der Waals surface area contributed by atoms with E-state index in [1.165, 1.54) is 26.2 Å². The van der Waals surface area contributed by atoms with Gasteiger partial charge in [-0.05, 0) is 36.8 Å². The summed E-state index contributed by atoms with van der Waals surface area (Å²) >= 11 is 0. The molecule has 1 aliphatic rings. The zero-order valence-electron chi connectivity index (χ0n) is 18.6. The molecule has 8 heteroatoms. The monoisotopic (exact) mass is 441 g/mol. The Labute approximate surface area is 187 Å². The van der Waals surface area contributed by atoms with Gasteiger partial charge in [0.15, 0.2) is 11.5 Å². The van der Waals surface area contributed by atoms with E-state index in [1.54, 1.807) is 42.5 Å². The van der Waals surface area contributed by atoms with Crippen LogP contribution in [0.25, 0.3) is 5.76 Å². The fourth-order valence-corrected chi connectivity index (χ4v) is 3.70. The van der Waals surface area contributed by atoms with Crippen molar-refractivity contribution in [2.45, 2.75) is 13.0 Å². The van der Waals surface area contributed by atoms with E-state index in [-0.39, 0.29) is 24.5 Å². The van der Waals surface area contributed by atoms with Gasteiger partial charge in [-0.3, -0.25) is 9.59 Å². The van der Waals surface area contributed by atoms with Crippen molar-refractivity contribution in [3.63, 3.8) is 0 Å². The molecule has 1 aliphatic heterocycles. The van der Waals surface area contributed by atoms with E-state index in [0.717, 1.165) is 0 Å². The Hall–Kier alpha value is -3.52. The summed E-state index contributed by atoms with van der Waals surface area (Å²) in [6.45, 7) is 2.73. The van der Waals surface area contributed by atoms with Crippen molar-refractivity contribution in [3.05, 3.63) is 59.2 Å². The number of benzene rings is 2. The topological polar surface area (TPSA) is 94.5 Å². The lowest BCUT2D eigenvalue weighted by molar-refractivity contribution is -0.140. The highest BCUT2D eigenvalue weighted by molar-refractivity contribution is 6.46. The Morgan fingerprint density at radius 1 is 1.03 bits per heavy atom. The molecule has 0 spiro atoms. The van der Waals surface area contributed by atoms with Gasteiger partial charge in [-0.2, -0.15) is 0 Å². The lowest BCUT2D eigenvalue weighted by Gasteiger charge is -2.25. The number of rotatable bonds is 9. The molecule has 1 atom stereocenters. The number of hydrogen-bond donors (Lipinski definition) is 1. The van der Waals surface area contributed by atoms with Crippen LogP contribution in [0.1, 0.15) is 24.1 Å². The second-order valence-corrected chi connectivity index (χ2v) is 7.06. The Morgan fingerprint density at radius 3 is 2.47 bits per heavy atom. The SMILES string of the molecule is CCOc1ccc(C2/C(=C(\O)c3cccc(OC)c3)C(=O)C(=O)N2CCOC)cc1OC. The van der Waals surface area contributed by atoms with Crippen molar-refractivity contribution in [2.75, 3.05) is 41.1 Å². The molecular weight excluding hydrogens is 414 g/mol. The number of likely N-dealkylation sites (tertiary alicyclic amines) is 1. The van der Waals surface area contributed by atoms with E-state index in [4.69, 9.17) is 18.9 Å². The molecule has 0 bridgehead atoms. The number of carbonyl (C=O) groups is 2. The van der Waals surface area contributed by atoms with Gasteiger partial charge in [0.05, 0.1) is 39.0 Å². The van der Waals surface area contributed by atoms with Gasteiger partial charge in [0, 0.05) is 19.2 Å². The Kier molecular flexibility index (Phi) is 7.37. The summed E-state index contributed by atoms with van der Waals surface area (Å²) in [6, 6.07) is 11.0. The van der Waals surface area contributed by atoms with Gasteiger partial charge in [-0.15, -0.1) is 0 Å². The summed E-state index contributed by atoms with van der Waals surface area (Å²) < 4.78 is 21.4. The number of carbonyl (C=O) groups excluding carboxylic acids is 2. The third kappa shape index (κ3) is 4.40. The standard InChI is InChI=1S/C24H27NO7/c1-5-32-18-10-9-15(14-19(18)31-4)21-20(23(27)24(28)25(21)11-12-29-2)22(26)16-7-6-8-17(13-16)30-3/h6-10,13-14,21,26H,5,11-12H2,1-4H3/b22-20+. The van der Waals surface area contributed by atoms with E-state index in [0.29, 0.717) is 35.0 Å². The average molecular weight is 441 g/mol. The summed E-state index contributed by atoms with van der Waals surface area (Å²) in [5.74, 6) is -0.228. The maximum Gasteiger partial charge on any atom is 0.295 e. The van der Waals surface area contributed by atoms with Crippen LogP contribution in [-0.4, -0.2) is 62.8 Å². The molecule has 1 N–H and O–H groups in total. The van der Waals surface area contributed by atoms with Crippen molar-refractivity contribution in [1.29, 1.82) is 0 Å². The Bertz CT molecular complexity index is 1030. The van der Waals surface area contributed by atoms with Crippen LogP contribution in [0.4, 0.5) is 0 Å². The number of ketones is 1. The van der Waals surface area contributed by atoms with E-state index in [2.05, 4.69) is 0 Å². The van der Waals surface area contributed by atoms with Crippen LogP contribution < -0.4 is 14.2 Å². The maximum atomic E-state index is 13.0. The number of nitrogens with zero attached hydrogens (tertiary/aromatic N) is 1. The van der Waals surface area contributed by atoms with E-state index in [9.17, 15) is 14.7 Å². The van der Waals surface area contributed by atoms with Crippen LogP contribution in [0.15, 0.2) is 48.0 Å². The molecule has 2 aromatic rings. The third-order valence-corrected chi connectivity index (χ3v) is 5.22. The molecule has 170 valence electrons. The highest BCUT2D eigenvalue weighted by atomic mass is 16.5. The molecule has 1 saturated heterocycles. The summed E-state index contributed by atoms with van der Waals surface area (Å²) in [4.78, 5) is 27.3. The predicted octanol–water partition coefficient (Wildman–Crippen LogP) is 3.17. The number of ether oxygens (including phenoxy) is 4. The first-order valence-corrected chi connectivity index (χ1v) is 10.2. The zero-order chi connectivity index (χ0) is 23.3. The number of aliphatic hydroxyl groups excluding tert-OH is 1. The normalized spacial score (nSPS) is 17.5. The fraction of sp³-hybridized carbons (Fsp3) is 0.333. The van der Waals surface area contributed by atoms with Gasteiger partial charge >= 0.3 is 0 Å². The smallest absolute Gasteiger partial charge is 0.295 e. The summed E-state index contributed by atoms with van der Waals surface area (Å²) in [5.41, 5.74) is 0.965. The van der Waals surface area contributed by atoms with Gasteiger partial charge in [0.1, 0.15) is 11.5 Å². The molecule has 1 amide bonds. The first-order valence-electron chi connectivity index (χ1n) is 10.2. The van der Waals surface area contributed by atoms with Gasteiger partial charge < -0.3 is 29.0 Å². The number of methoxy groups -OCH3 is 3. The summed E-state index contributed by atoms with van der Waals surface area (Å²) in [7, 11) is 4.54. The molecule has 0 radical (unpaired) electrons. The minimum Gasteiger partial charge on any atom is -0.507 e. The number of aliphatic hydroxyl groups is 1. The first kappa shape index (κ1) is 23.1. The van der Waals surface area contributed by atoms with Crippen molar-refractivity contribution in [1.82, 2.24) is 4.90 Å². The third-order valence-electron chi connectivity index (χ3n) is 5.22. The van der Waals surface area contributed by atoms with Crippen LogP contribution in [0.3, 0.4) is 0 Å². The predicted molar refractivity (Wildman–Crippen MR) is 118 cm³/mol. The average Bonchev–Trinajstić information content (AvgIpc) is 3.07.